The Bertz CT molecular complexity index is 861. The molecule has 0 aromatic rings. The number of esters is 1. The molecular weight excluding hydrogens is 348 g/mol. The van der Waals surface area contributed by atoms with Gasteiger partial charge in [0.25, 0.3) is 0 Å². The predicted molar refractivity (Wildman–Crippen MR) is 91.7 cm³/mol. The Morgan fingerprint density at radius 1 is 1.11 bits per heavy atom. The normalized spacial score (nSPS) is 64.0. The van der Waals surface area contributed by atoms with Crippen molar-refractivity contribution in [2.24, 2.45) is 17.3 Å². The van der Waals surface area contributed by atoms with Crippen LogP contribution >= 0.6 is 0 Å². The van der Waals surface area contributed by atoms with Crippen LogP contribution in [0, 0.1) is 17.3 Å². The molecule has 3 saturated heterocycles. The lowest BCUT2D eigenvalue weighted by molar-refractivity contribution is -0.157. The lowest BCUT2D eigenvalue weighted by Gasteiger charge is -2.56. The molecule has 3 aliphatic carbocycles. The zero-order chi connectivity index (χ0) is 18.8. The average Bonchev–Trinajstić information content (AvgIpc) is 3.46. The molecule has 0 radical (unpaired) electrons. The second kappa shape index (κ2) is 3.89. The fourth-order valence-electron chi connectivity index (χ4n) is 8.34. The SMILES string of the molecule is CC(C)C12OC1C1OC13C1(C)CCC4=C(COC4=O)C1CC1OC13C2(C)O. The molecule has 2 saturated carbocycles. The van der Waals surface area contributed by atoms with Crippen LogP contribution in [0.15, 0.2) is 11.1 Å². The maximum Gasteiger partial charge on any atom is 0.334 e. The van der Waals surface area contributed by atoms with Crippen molar-refractivity contribution in [3.8, 4) is 0 Å². The summed E-state index contributed by atoms with van der Waals surface area (Å²) >= 11 is 0. The van der Waals surface area contributed by atoms with E-state index < -0.39 is 22.4 Å². The molecule has 4 aliphatic heterocycles. The van der Waals surface area contributed by atoms with Crippen molar-refractivity contribution >= 4 is 5.97 Å². The number of aliphatic hydroxyl groups is 1. The third-order valence-corrected chi connectivity index (χ3v) is 9.61. The van der Waals surface area contributed by atoms with Gasteiger partial charge in [0.15, 0.2) is 5.60 Å². The summed E-state index contributed by atoms with van der Waals surface area (Å²) in [6.07, 6.45) is 2.24. The Morgan fingerprint density at radius 2 is 1.89 bits per heavy atom. The molecular formula is C21H26O6. The van der Waals surface area contributed by atoms with Gasteiger partial charge in [0, 0.05) is 11.0 Å². The van der Waals surface area contributed by atoms with Crippen molar-refractivity contribution in [2.45, 2.75) is 87.7 Å². The van der Waals surface area contributed by atoms with E-state index in [0.29, 0.717) is 6.61 Å². The van der Waals surface area contributed by atoms with Crippen molar-refractivity contribution < 1.29 is 28.8 Å². The number of carbonyl (C=O) groups excluding carboxylic acids is 1. The van der Waals surface area contributed by atoms with Gasteiger partial charge in [-0.25, -0.2) is 4.79 Å². The first-order valence-corrected chi connectivity index (χ1v) is 10.3. The molecule has 9 unspecified atom stereocenters. The second-order valence-corrected chi connectivity index (χ2v) is 10.5. The highest BCUT2D eigenvalue weighted by Crippen LogP contribution is 2.85. The summed E-state index contributed by atoms with van der Waals surface area (Å²) in [5.41, 5.74) is -1.06. The van der Waals surface area contributed by atoms with Gasteiger partial charge in [-0.1, -0.05) is 20.8 Å². The average molecular weight is 374 g/mol. The molecule has 6 heteroatoms. The molecule has 1 N–H and O–H groups in total. The van der Waals surface area contributed by atoms with Crippen LogP contribution in [0.1, 0.15) is 47.0 Å². The van der Waals surface area contributed by atoms with E-state index in [1.54, 1.807) is 0 Å². The van der Waals surface area contributed by atoms with Crippen LogP contribution in [-0.2, 0) is 23.7 Å². The van der Waals surface area contributed by atoms with Crippen LogP contribution in [0.25, 0.3) is 0 Å². The largest absolute Gasteiger partial charge is 0.458 e. The Hall–Kier alpha value is -0.950. The van der Waals surface area contributed by atoms with Gasteiger partial charge in [-0.05, 0) is 43.6 Å². The molecule has 0 aromatic carbocycles. The Kier molecular flexibility index (Phi) is 2.29. The number of rotatable bonds is 1. The van der Waals surface area contributed by atoms with Crippen molar-refractivity contribution in [2.75, 3.05) is 6.61 Å². The highest BCUT2D eigenvalue weighted by atomic mass is 16.7. The van der Waals surface area contributed by atoms with E-state index in [2.05, 4.69) is 20.8 Å². The first-order valence-electron chi connectivity index (χ1n) is 10.3. The third-order valence-electron chi connectivity index (χ3n) is 9.61. The van der Waals surface area contributed by atoms with Gasteiger partial charge < -0.3 is 24.1 Å². The number of hydrogen-bond donors (Lipinski definition) is 1. The lowest BCUT2D eigenvalue weighted by atomic mass is 9.44. The van der Waals surface area contributed by atoms with E-state index in [-0.39, 0.29) is 41.5 Å². The zero-order valence-electron chi connectivity index (χ0n) is 16.2. The minimum atomic E-state index is -1.10. The molecule has 0 bridgehead atoms. The highest BCUT2D eigenvalue weighted by molar-refractivity contribution is 5.92. The van der Waals surface area contributed by atoms with Gasteiger partial charge in [0.2, 0.25) is 0 Å². The fraction of sp³-hybridized carbons (Fsp3) is 0.857. The van der Waals surface area contributed by atoms with E-state index in [9.17, 15) is 9.90 Å². The first-order chi connectivity index (χ1) is 12.7. The number of hydrogen-bond acceptors (Lipinski definition) is 6. The van der Waals surface area contributed by atoms with Crippen molar-refractivity contribution in [3.05, 3.63) is 11.1 Å². The number of ether oxygens (including phenoxy) is 4. The fourth-order valence-corrected chi connectivity index (χ4v) is 8.34. The van der Waals surface area contributed by atoms with Gasteiger partial charge >= 0.3 is 5.97 Å². The van der Waals surface area contributed by atoms with Crippen LogP contribution in [0.4, 0.5) is 0 Å². The predicted octanol–water partition coefficient (Wildman–Crippen LogP) is 1.49. The topological polar surface area (TPSA) is 84.1 Å². The van der Waals surface area contributed by atoms with E-state index in [1.165, 1.54) is 0 Å². The first kappa shape index (κ1) is 15.9. The summed E-state index contributed by atoms with van der Waals surface area (Å²) in [6, 6.07) is 0. The minimum absolute atomic E-state index is 0.0295. The Labute approximate surface area is 158 Å². The van der Waals surface area contributed by atoms with Gasteiger partial charge in [-0.2, -0.15) is 0 Å². The standard InChI is InChI=1S/C21H26O6/c1-9(2)19-14(26-19)15-21(27-15)17(3)6-5-10-11(8-24-16(10)22)12(17)7-13-20(21,25-13)18(19,4)23/h9,12-15,23H,5-8H2,1-4H3. The van der Waals surface area contributed by atoms with Gasteiger partial charge in [-0.3, -0.25) is 0 Å². The van der Waals surface area contributed by atoms with Crippen LogP contribution in [0.3, 0.4) is 0 Å². The molecule has 0 amide bonds. The molecule has 4 heterocycles. The van der Waals surface area contributed by atoms with Crippen LogP contribution in [0.5, 0.6) is 0 Å². The van der Waals surface area contributed by atoms with Gasteiger partial charge in [0.05, 0.1) is 6.10 Å². The van der Waals surface area contributed by atoms with Crippen LogP contribution in [0.2, 0.25) is 0 Å². The summed E-state index contributed by atoms with van der Waals surface area (Å²) < 4.78 is 24.6. The van der Waals surface area contributed by atoms with Crippen LogP contribution in [-0.4, -0.2) is 58.4 Å². The summed E-state index contributed by atoms with van der Waals surface area (Å²) in [4.78, 5) is 12.1. The molecule has 5 fully saturated rings. The Morgan fingerprint density at radius 3 is 2.63 bits per heavy atom. The number of carbonyl (C=O) groups is 1. The van der Waals surface area contributed by atoms with E-state index in [1.807, 2.05) is 6.92 Å². The maximum absolute atomic E-state index is 12.1. The number of fused-ring (bicyclic) bond motifs is 4. The molecule has 6 nitrogen and oxygen atoms in total. The molecule has 27 heavy (non-hydrogen) atoms. The number of epoxide rings is 3. The van der Waals surface area contributed by atoms with Crippen molar-refractivity contribution in [1.82, 2.24) is 0 Å². The van der Waals surface area contributed by atoms with Crippen LogP contribution < -0.4 is 0 Å². The minimum Gasteiger partial charge on any atom is -0.458 e. The summed E-state index contributed by atoms with van der Waals surface area (Å²) in [5.74, 6) is 0.247. The summed E-state index contributed by atoms with van der Waals surface area (Å²) in [6.45, 7) is 8.83. The third kappa shape index (κ3) is 1.21. The zero-order valence-corrected chi connectivity index (χ0v) is 16.2. The quantitative estimate of drug-likeness (QED) is 0.553. The molecule has 9 atom stereocenters. The van der Waals surface area contributed by atoms with Crippen molar-refractivity contribution in [1.29, 1.82) is 0 Å². The monoisotopic (exact) mass is 374 g/mol. The lowest BCUT2D eigenvalue weighted by Crippen LogP contribution is -2.74. The van der Waals surface area contributed by atoms with Crippen molar-refractivity contribution in [3.63, 3.8) is 0 Å². The van der Waals surface area contributed by atoms with E-state index in [0.717, 1.165) is 30.4 Å². The van der Waals surface area contributed by atoms with E-state index in [4.69, 9.17) is 18.9 Å². The molecule has 146 valence electrons. The van der Waals surface area contributed by atoms with Gasteiger partial charge in [-0.15, -0.1) is 0 Å². The molecule has 7 aliphatic rings. The molecule has 7 rings (SSSR count). The van der Waals surface area contributed by atoms with E-state index >= 15 is 0 Å². The summed E-state index contributed by atoms with van der Waals surface area (Å²) in [7, 11) is 0. The molecule has 0 aromatic heterocycles. The Balaban J connectivity index is 1.41. The second-order valence-electron chi connectivity index (χ2n) is 10.5. The van der Waals surface area contributed by atoms with Gasteiger partial charge in [0.1, 0.15) is 35.6 Å². The molecule has 2 spiro atoms. The summed E-state index contributed by atoms with van der Waals surface area (Å²) in [5, 5.41) is 11.9. The maximum atomic E-state index is 12.1. The highest BCUT2D eigenvalue weighted by Gasteiger charge is 3.03. The number of cyclic esters (lactones) is 1. The smallest absolute Gasteiger partial charge is 0.334 e.